The van der Waals surface area contributed by atoms with Crippen molar-refractivity contribution in [3.8, 4) is 5.75 Å². The number of hydrogen-bond acceptors (Lipinski definition) is 4. The molecule has 1 aliphatic heterocycles. The van der Waals surface area contributed by atoms with Crippen LogP contribution in [0.5, 0.6) is 5.75 Å². The number of para-hydroxylation sites is 1. The lowest BCUT2D eigenvalue weighted by molar-refractivity contribution is -0.130. The number of halogens is 1. The Morgan fingerprint density at radius 3 is 2.84 bits per heavy atom. The zero-order valence-electron chi connectivity index (χ0n) is 14.5. The van der Waals surface area contributed by atoms with Gasteiger partial charge in [-0.25, -0.2) is 0 Å². The largest absolute Gasteiger partial charge is 0.482 e. The Morgan fingerprint density at radius 1 is 1.40 bits per heavy atom. The van der Waals surface area contributed by atoms with Crippen molar-refractivity contribution < 1.29 is 9.53 Å². The van der Waals surface area contributed by atoms with Gasteiger partial charge >= 0.3 is 0 Å². The quantitative estimate of drug-likeness (QED) is 0.816. The number of aromatic nitrogens is 2. The molecular formula is C18H20ClN3O2S. The SMILES string of the molecule is Cc1nn(C)c(C)c1/C=C1/SCCN1C(=O)COc1ccccc1Cl. The minimum atomic E-state index is -0.0737. The lowest BCUT2D eigenvalue weighted by Crippen LogP contribution is -2.31. The van der Waals surface area contributed by atoms with Crippen LogP contribution in [0, 0.1) is 13.8 Å². The van der Waals surface area contributed by atoms with Crippen LogP contribution in [-0.4, -0.2) is 39.5 Å². The molecule has 2 heterocycles. The van der Waals surface area contributed by atoms with E-state index in [4.69, 9.17) is 16.3 Å². The highest BCUT2D eigenvalue weighted by molar-refractivity contribution is 8.03. The van der Waals surface area contributed by atoms with Crippen LogP contribution < -0.4 is 4.74 Å². The van der Waals surface area contributed by atoms with Gasteiger partial charge < -0.3 is 9.64 Å². The molecule has 2 aromatic rings. The van der Waals surface area contributed by atoms with Gasteiger partial charge in [-0.1, -0.05) is 23.7 Å². The first-order chi connectivity index (χ1) is 12.0. The summed E-state index contributed by atoms with van der Waals surface area (Å²) in [5.41, 5.74) is 3.11. The molecule has 0 N–H and O–H groups in total. The molecule has 1 aliphatic rings. The van der Waals surface area contributed by atoms with E-state index in [0.29, 0.717) is 17.3 Å². The summed E-state index contributed by atoms with van der Waals surface area (Å²) in [5, 5.41) is 5.87. The third kappa shape index (κ3) is 3.85. The Morgan fingerprint density at radius 2 is 2.16 bits per heavy atom. The fourth-order valence-corrected chi connectivity index (χ4v) is 3.92. The molecule has 1 aromatic heterocycles. The second-order valence-corrected chi connectivity index (χ2v) is 7.33. The topological polar surface area (TPSA) is 47.4 Å². The number of thioether (sulfide) groups is 1. The standard InChI is InChI=1S/C18H20ClN3O2S/c1-12-14(13(2)21(3)20-12)10-18-22(8-9-25-18)17(23)11-24-16-7-5-4-6-15(16)19/h4-7,10H,8-9,11H2,1-3H3/b18-10+. The molecule has 0 aliphatic carbocycles. The predicted octanol–water partition coefficient (Wildman–Crippen LogP) is 3.64. The molecule has 1 aromatic carbocycles. The van der Waals surface area contributed by atoms with Crippen LogP contribution in [0.3, 0.4) is 0 Å². The summed E-state index contributed by atoms with van der Waals surface area (Å²) in [6.45, 7) is 4.65. The van der Waals surface area contributed by atoms with E-state index in [1.165, 1.54) is 0 Å². The highest BCUT2D eigenvalue weighted by Crippen LogP contribution is 2.31. The smallest absolute Gasteiger partial charge is 0.265 e. The molecule has 0 bridgehead atoms. The summed E-state index contributed by atoms with van der Waals surface area (Å²) in [7, 11) is 1.92. The van der Waals surface area contributed by atoms with E-state index in [9.17, 15) is 4.79 Å². The Balaban J connectivity index is 1.74. The van der Waals surface area contributed by atoms with E-state index in [1.807, 2.05) is 43.8 Å². The number of amides is 1. The minimum Gasteiger partial charge on any atom is -0.482 e. The van der Waals surface area contributed by atoms with Crippen LogP contribution in [0.1, 0.15) is 17.0 Å². The summed E-state index contributed by atoms with van der Waals surface area (Å²) in [6.07, 6.45) is 2.04. The van der Waals surface area contributed by atoms with Gasteiger partial charge in [-0.3, -0.25) is 9.48 Å². The van der Waals surface area contributed by atoms with E-state index >= 15 is 0 Å². The van der Waals surface area contributed by atoms with Crippen molar-refractivity contribution in [1.29, 1.82) is 0 Å². The molecule has 1 fully saturated rings. The van der Waals surface area contributed by atoms with Gasteiger partial charge in [-0.05, 0) is 32.1 Å². The summed E-state index contributed by atoms with van der Waals surface area (Å²) in [5.74, 6) is 1.33. The first-order valence-corrected chi connectivity index (χ1v) is 9.36. The number of nitrogens with zero attached hydrogens (tertiary/aromatic N) is 3. The fourth-order valence-electron chi connectivity index (χ4n) is 2.70. The number of carbonyl (C=O) groups is 1. The van der Waals surface area contributed by atoms with E-state index < -0.39 is 0 Å². The number of benzene rings is 1. The first-order valence-electron chi connectivity index (χ1n) is 7.99. The molecule has 0 saturated carbocycles. The van der Waals surface area contributed by atoms with Gasteiger partial charge in [-0.15, -0.1) is 11.8 Å². The second kappa shape index (κ2) is 7.54. The highest BCUT2D eigenvalue weighted by atomic mass is 35.5. The molecule has 132 valence electrons. The lowest BCUT2D eigenvalue weighted by Gasteiger charge is -2.17. The number of hydrogen-bond donors (Lipinski definition) is 0. The molecule has 0 radical (unpaired) electrons. The van der Waals surface area contributed by atoms with Crippen LogP contribution in [-0.2, 0) is 11.8 Å². The monoisotopic (exact) mass is 377 g/mol. The Bertz CT molecular complexity index is 832. The van der Waals surface area contributed by atoms with Crippen molar-refractivity contribution in [2.45, 2.75) is 13.8 Å². The number of ether oxygens (including phenoxy) is 1. The van der Waals surface area contributed by atoms with Gasteiger partial charge in [-0.2, -0.15) is 5.10 Å². The molecule has 5 nitrogen and oxygen atoms in total. The van der Waals surface area contributed by atoms with Crippen molar-refractivity contribution >= 4 is 35.3 Å². The van der Waals surface area contributed by atoms with Crippen LogP contribution >= 0.6 is 23.4 Å². The van der Waals surface area contributed by atoms with Crippen molar-refractivity contribution in [2.24, 2.45) is 7.05 Å². The molecular weight excluding hydrogens is 358 g/mol. The molecule has 3 rings (SSSR count). The van der Waals surface area contributed by atoms with E-state index in [2.05, 4.69) is 5.10 Å². The maximum Gasteiger partial charge on any atom is 0.265 e. The molecule has 1 saturated heterocycles. The van der Waals surface area contributed by atoms with Crippen LogP contribution in [0.2, 0.25) is 5.02 Å². The normalized spacial score (nSPS) is 15.8. The van der Waals surface area contributed by atoms with Crippen molar-refractivity contribution in [2.75, 3.05) is 18.9 Å². The van der Waals surface area contributed by atoms with E-state index in [-0.39, 0.29) is 12.5 Å². The molecule has 25 heavy (non-hydrogen) atoms. The van der Waals surface area contributed by atoms with E-state index in [0.717, 1.165) is 27.7 Å². The fraction of sp³-hybridized carbons (Fsp3) is 0.333. The van der Waals surface area contributed by atoms with Gasteiger partial charge in [0, 0.05) is 30.6 Å². The van der Waals surface area contributed by atoms with Crippen molar-refractivity contribution in [1.82, 2.24) is 14.7 Å². The Labute approximate surface area is 156 Å². The van der Waals surface area contributed by atoms with Crippen LogP contribution in [0.25, 0.3) is 6.08 Å². The molecule has 0 unspecified atom stereocenters. The zero-order chi connectivity index (χ0) is 18.0. The summed E-state index contributed by atoms with van der Waals surface area (Å²) in [4.78, 5) is 14.4. The van der Waals surface area contributed by atoms with Gasteiger partial charge in [0.25, 0.3) is 5.91 Å². The zero-order valence-corrected chi connectivity index (χ0v) is 16.0. The van der Waals surface area contributed by atoms with Crippen molar-refractivity contribution in [3.05, 3.63) is 51.3 Å². The highest BCUT2D eigenvalue weighted by Gasteiger charge is 2.25. The van der Waals surface area contributed by atoms with Crippen LogP contribution in [0.4, 0.5) is 0 Å². The van der Waals surface area contributed by atoms with Gasteiger partial charge in [0.2, 0.25) is 0 Å². The summed E-state index contributed by atoms with van der Waals surface area (Å²) in [6, 6.07) is 7.16. The Kier molecular flexibility index (Phi) is 5.39. The maximum absolute atomic E-state index is 12.6. The second-order valence-electron chi connectivity index (χ2n) is 5.80. The van der Waals surface area contributed by atoms with E-state index in [1.54, 1.807) is 28.8 Å². The summed E-state index contributed by atoms with van der Waals surface area (Å²) < 4.78 is 7.44. The van der Waals surface area contributed by atoms with Gasteiger partial charge in [0.1, 0.15) is 5.75 Å². The lowest BCUT2D eigenvalue weighted by atomic mass is 10.2. The molecule has 0 spiro atoms. The first kappa shape index (κ1) is 17.9. The average molecular weight is 378 g/mol. The van der Waals surface area contributed by atoms with Gasteiger partial charge in [0.05, 0.1) is 15.7 Å². The predicted molar refractivity (Wildman–Crippen MR) is 102 cm³/mol. The van der Waals surface area contributed by atoms with Crippen molar-refractivity contribution in [3.63, 3.8) is 0 Å². The minimum absolute atomic E-state index is 0.0351. The number of rotatable bonds is 4. The van der Waals surface area contributed by atoms with Crippen LogP contribution in [0.15, 0.2) is 29.3 Å². The van der Waals surface area contributed by atoms with Gasteiger partial charge in [0.15, 0.2) is 6.61 Å². The molecule has 0 atom stereocenters. The average Bonchev–Trinajstić information content (AvgIpc) is 3.14. The molecule has 1 amide bonds. The maximum atomic E-state index is 12.6. The third-order valence-corrected chi connectivity index (χ3v) is 5.49. The number of carbonyl (C=O) groups excluding carboxylic acids is 1. The number of aryl methyl sites for hydroxylation is 2. The summed E-state index contributed by atoms with van der Waals surface area (Å²) >= 11 is 7.74. The Hall–Kier alpha value is -1.92. The third-order valence-electron chi connectivity index (χ3n) is 4.15. The molecule has 7 heteroatoms.